The number of hydrogen-bond acceptors (Lipinski definition) is 1. The molecule has 0 bridgehead atoms. The topological polar surface area (TPSA) is 12.0 Å². The minimum absolute atomic E-state index is 0.220. The van der Waals surface area contributed by atoms with E-state index in [1.165, 1.54) is 0 Å². The predicted molar refractivity (Wildman–Crippen MR) is 54.6 cm³/mol. The largest absolute Gasteiger partial charge is 0.297 e. The molecule has 1 aromatic carbocycles. The van der Waals surface area contributed by atoms with Crippen LogP contribution in [0.15, 0.2) is 24.3 Å². The highest BCUT2D eigenvalue weighted by molar-refractivity contribution is 5.36. The maximum atomic E-state index is 13.6. The molecule has 1 unspecified atom stereocenters. The fraction of sp³-hybridized carbons (Fsp3) is 0.333. The van der Waals surface area contributed by atoms with E-state index in [-0.39, 0.29) is 6.04 Å². The fourth-order valence-electron chi connectivity index (χ4n) is 1.95. The molecule has 1 aromatic rings. The minimum atomic E-state index is -0.847. The normalized spacial score (nSPS) is 24.3. The fourth-order valence-corrected chi connectivity index (χ4v) is 1.95. The lowest BCUT2D eigenvalue weighted by molar-refractivity contribution is 0.275. The van der Waals surface area contributed by atoms with Crippen LogP contribution in [-0.2, 0) is 6.42 Å². The van der Waals surface area contributed by atoms with Gasteiger partial charge in [0.15, 0.2) is 0 Å². The van der Waals surface area contributed by atoms with Gasteiger partial charge in [0.1, 0.15) is 6.17 Å². The lowest BCUT2D eigenvalue weighted by Gasteiger charge is -2.14. The van der Waals surface area contributed by atoms with Gasteiger partial charge in [-0.05, 0) is 11.1 Å². The molecule has 2 heteroatoms. The zero-order chi connectivity index (χ0) is 9.97. The average molecular weight is 189 g/mol. The second kappa shape index (κ2) is 3.81. The molecule has 0 fully saturated rings. The third-order valence-electron chi connectivity index (χ3n) is 2.59. The van der Waals surface area contributed by atoms with E-state index in [0.717, 1.165) is 11.1 Å². The van der Waals surface area contributed by atoms with Crippen molar-refractivity contribution in [2.45, 2.75) is 18.6 Å². The molecule has 2 atom stereocenters. The number of fused-ring (bicyclic) bond motifs is 1. The van der Waals surface area contributed by atoms with Crippen LogP contribution < -0.4 is 5.32 Å². The van der Waals surface area contributed by atoms with Gasteiger partial charge in [-0.15, -0.1) is 6.42 Å². The Morgan fingerprint density at radius 1 is 1.50 bits per heavy atom. The van der Waals surface area contributed by atoms with E-state index in [4.69, 9.17) is 6.42 Å². The van der Waals surface area contributed by atoms with Gasteiger partial charge in [0.2, 0.25) is 0 Å². The van der Waals surface area contributed by atoms with Crippen molar-refractivity contribution in [3.05, 3.63) is 35.4 Å². The minimum Gasteiger partial charge on any atom is -0.297 e. The van der Waals surface area contributed by atoms with Crippen LogP contribution in [0.3, 0.4) is 0 Å². The van der Waals surface area contributed by atoms with E-state index in [1.54, 1.807) is 0 Å². The van der Waals surface area contributed by atoms with E-state index in [1.807, 2.05) is 24.3 Å². The van der Waals surface area contributed by atoms with Crippen LogP contribution in [0.1, 0.15) is 17.2 Å². The van der Waals surface area contributed by atoms with E-state index in [0.29, 0.717) is 13.0 Å². The molecule has 0 spiro atoms. The van der Waals surface area contributed by atoms with Gasteiger partial charge in [0.25, 0.3) is 0 Å². The van der Waals surface area contributed by atoms with Crippen molar-refractivity contribution in [2.24, 2.45) is 0 Å². The second-order valence-electron chi connectivity index (χ2n) is 3.48. The van der Waals surface area contributed by atoms with Gasteiger partial charge in [-0.2, -0.15) is 0 Å². The Labute approximate surface area is 83.3 Å². The van der Waals surface area contributed by atoms with Crippen molar-refractivity contribution < 1.29 is 4.39 Å². The average Bonchev–Trinajstić information content (AvgIpc) is 2.51. The van der Waals surface area contributed by atoms with Gasteiger partial charge < -0.3 is 0 Å². The van der Waals surface area contributed by atoms with Gasteiger partial charge in [-0.3, -0.25) is 5.32 Å². The summed E-state index contributed by atoms with van der Waals surface area (Å²) in [5.41, 5.74) is 2.14. The number of benzene rings is 1. The molecule has 14 heavy (non-hydrogen) atoms. The molecule has 0 aromatic heterocycles. The Morgan fingerprint density at radius 3 is 3.07 bits per heavy atom. The molecule has 1 nitrogen and oxygen atoms in total. The van der Waals surface area contributed by atoms with E-state index >= 15 is 0 Å². The SMILES string of the molecule is C#CCNC1c2ccccc2C[C@@H]1F. The van der Waals surface area contributed by atoms with Gasteiger partial charge in [0, 0.05) is 6.42 Å². The maximum absolute atomic E-state index is 13.6. The zero-order valence-electron chi connectivity index (χ0n) is 7.83. The Bertz CT molecular complexity index is 367. The summed E-state index contributed by atoms with van der Waals surface area (Å²) in [6.07, 6.45) is 4.79. The third-order valence-corrected chi connectivity index (χ3v) is 2.59. The number of halogens is 1. The lowest BCUT2D eigenvalue weighted by Crippen LogP contribution is -2.26. The maximum Gasteiger partial charge on any atom is 0.124 e. The van der Waals surface area contributed by atoms with Gasteiger partial charge >= 0.3 is 0 Å². The van der Waals surface area contributed by atoms with Crippen LogP contribution in [0.5, 0.6) is 0 Å². The molecule has 0 aliphatic heterocycles. The molecule has 1 N–H and O–H groups in total. The second-order valence-corrected chi connectivity index (χ2v) is 3.48. The first-order chi connectivity index (χ1) is 6.83. The standard InChI is InChI=1S/C12H12FN/c1-2-7-14-12-10-6-4-3-5-9(10)8-11(12)13/h1,3-6,11-12,14H,7-8H2/t11-,12?/m0/s1. The Hall–Kier alpha value is -1.33. The predicted octanol–water partition coefficient (Wildman–Crippen LogP) is 1.84. The molecular weight excluding hydrogens is 177 g/mol. The number of rotatable bonds is 2. The molecule has 1 aliphatic rings. The molecule has 72 valence electrons. The lowest BCUT2D eigenvalue weighted by atomic mass is 10.1. The quantitative estimate of drug-likeness (QED) is 0.700. The molecule has 0 heterocycles. The summed E-state index contributed by atoms with van der Waals surface area (Å²) in [7, 11) is 0. The first-order valence-electron chi connectivity index (χ1n) is 4.71. The van der Waals surface area contributed by atoms with Crippen LogP contribution in [0, 0.1) is 12.3 Å². The van der Waals surface area contributed by atoms with Gasteiger partial charge in [0.05, 0.1) is 12.6 Å². The van der Waals surface area contributed by atoms with Crippen LogP contribution in [0.25, 0.3) is 0 Å². The highest BCUT2D eigenvalue weighted by Crippen LogP contribution is 2.32. The van der Waals surface area contributed by atoms with E-state index in [2.05, 4.69) is 11.2 Å². The summed E-state index contributed by atoms with van der Waals surface area (Å²) in [5, 5.41) is 3.03. The number of hydrogen-bond donors (Lipinski definition) is 1. The monoisotopic (exact) mass is 189 g/mol. The Kier molecular flexibility index (Phi) is 2.51. The Balaban J connectivity index is 2.22. The number of nitrogens with one attached hydrogen (secondary N) is 1. The summed E-state index contributed by atoms with van der Waals surface area (Å²) < 4.78 is 13.6. The third kappa shape index (κ3) is 1.51. The molecule has 0 saturated carbocycles. The Morgan fingerprint density at radius 2 is 2.29 bits per heavy atom. The van der Waals surface area contributed by atoms with Gasteiger partial charge in [-0.25, -0.2) is 4.39 Å². The number of terminal acetylenes is 1. The molecule has 0 radical (unpaired) electrons. The van der Waals surface area contributed by atoms with Crippen LogP contribution in [0.4, 0.5) is 4.39 Å². The summed E-state index contributed by atoms with van der Waals surface area (Å²) in [6, 6.07) is 7.58. The van der Waals surface area contributed by atoms with E-state index in [9.17, 15) is 4.39 Å². The van der Waals surface area contributed by atoms with Crippen LogP contribution in [-0.4, -0.2) is 12.7 Å². The highest BCUT2D eigenvalue weighted by Gasteiger charge is 2.31. The molecule has 0 saturated heterocycles. The first-order valence-corrected chi connectivity index (χ1v) is 4.71. The number of alkyl halides is 1. The van der Waals surface area contributed by atoms with Crippen molar-refractivity contribution in [3.8, 4) is 12.3 Å². The van der Waals surface area contributed by atoms with Crippen molar-refractivity contribution in [1.82, 2.24) is 5.32 Å². The van der Waals surface area contributed by atoms with Crippen molar-refractivity contribution in [3.63, 3.8) is 0 Å². The smallest absolute Gasteiger partial charge is 0.124 e. The summed E-state index contributed by atoms with van der Waals surface area (Å²) >= 11 is 0. The van der Waals surface area contributed by atoms with Crippen molar-refractivity contribution >= 4 is 0 Å². The molecular formula is C12H12FN. The summed E-state index contributed by atoms with van der Waals surface area (Å²) in [5.74, 6) is 2.47. The zero-order valence-corrected chi connectivity index (χ0v) is 7.83. The van der Waals surface area contributed by atoms with E-state index < -0.39 is 6.17 Å². The van der Waals surface area contributed by atoms with Crippen molar-refractivity contribution in [1.29, 1.82) is 0 Å². The van der Waals surface area contributed by atoms with Gasteiger partial charge in [-0.1, -0.05) is 30.2 Å². The highest BCUT2D eigenvalue weighted by atomic mass is 19.1. The summed E-state index contributed by atoms with van der Waals surface area (Å²) in [4.78, 5) is 0. The molecule has 0 amide bonds. The van der Waals surface area contributed by atoms with Crippen LogP contribution >= 0.6 is 0 Å². The van der Waals surface area contributed by atoms with Crippen LogP contribution in [0.2, 0.25) is 0 Å². The van der Waals surface area contributed by atoms with Crippen molar-refractivity contribution in [2.75, 3.05) is 6.54 Å². The molecule has 2 rings (SSSR count). The summed E-state index contributed by atoms with van der Waals surface area (Å²) in [6.45, 7) is 0.416. The molecule has 1 aliphatic carbocycles. The first kappa shape index (κ1) is 9.23.